The van der Waals surface area contributed by atoms with Gasteiger partial charge in [-0.2, -0.15) is 5.10 Å². The smallest absolute Gasteiger partial charge is 0.318 e. The number of hydrogen-bond acceptors (Lipinski definition) is 7. The average Bonchev–Trinajstić information content (AvgIpc) is 3.38. The first-order valence-electron chi connectivity index (χ1n) is 13.6. The molecule has 40 heavy (non-hydrogen) atoms. The van der Waals surface area contributed by atoms with Crippen molar-refractivity contribution in [2.45, 2.75) is 71.1 Å². The van der Waals surface area contributed by atoms with E-state index in [4.69, 9.17) is 20.2 Å². The summed E-state index contributed by atoms with van der Waals surface area (Å²) in [5.41, 5.74) is 8.35. The van der Waals surface area contributed by atoms with Crippen molar-refractivity contribution in [3.8, 4) is 17.0 Å². The van der Waals surface area contributed by atoms with Crippen LogP contribution in [0.4, 0.5) is 0 Å². The lowest BCUT2D eigenvalue weighted by atomic mass is 9.83. The number of carbonyl (C=O) groups excluding carboxylic acids is 2. The molecule has 2 aromatic carbocycles. The van der Waals surface area contributed by atoms with E-state index < -0.39 is 17.0 Å². The third-order valence-corrected chi connectivity index (χ3v) is 6.95. The quantitative estimate of drug-likeness (QED) is 0.189. The Hall–Kier alpha value is -4.04. The molecule has 0 aliphatic carbocycles. The minimum atomic E-state index is -1.04. The van der Waals surface area contributed by atoms with E-state index in [1.807, 2.05) is 82.3 Å². The Morgan fingerprint density at radius 2 is 1.80 bits per heavy atom. The average molecular weight is 543 g/mol. The van der Waals surface area contributed by atoms with Crippen molar-refractivity contribution in [1.29, 1.82) is 0 Å². The summed E-state index contributed by atoms with van der Waals surface area (Å²) in [4.78, 5) is 29.6. The Labute approximate surface area is 235 Å². The first-order valence-corrected chi connectivity index (χ1v) is 13.6. The van der Waals surface area contributed by atoms with Crippen LogP contribution in [0.25, 0.3) is 22.2 Å². The molecule has 8 heteroatoms. The number of nitrogens with two attached hydrogens (primary N) is 1. The molecule has 2 aromatic heterocycles. The molecule has 0 amide bonds. The summed E-state index contributed by atoms with van der Waals surface area (Å²) in [5, 5.41) is 5.36. The van der Waals surface area contributed by atoms with Gasteiger partial charge in [0.05, 0.1) is 22.8 Å². The number of rotatable bonds is 11. The normalized spacial score (nSPS) is 13.9. The highest BCUT2D eigenvalue weighted by atomic mass is 16.6. The van der Waals surface area contributed by atoms with Crippen molar-refractivity contribution in [2.75, 3.05) is 6.54 Å². The topological polar surface area (TPSA) is 109 Å². The van der Waals surface area contributed by atoms with Gasteiger partial charge in [-0.15, -0.1) is 0 Å². The summed E-state index contributed by atoms with van der Waals surface area (Å²) in [6.07, 6.45) is 5.91. The zero-order valence-electron chi connectivity index (χ0n) is 23.9. The number of carbonyl (C=O) groups is 2. The van der Waals surface area contributed by atoms with Gasteiger partial charge in [0.15, 0.2) is 0 Å². The molecule has 0 saturated heterocycles. The molecule has 0 aliphatic rings. The summed E-state index contributed by atoms with van der Waals surface area (Å²) in [5.74, 6) is 0.234. The molecule has 8 nitrogen and oxygen atoms in total. The lowest BCUT2D eigenvalue weighted by Crippen LogP contribution is -2.44. The van der Waals surface area contributed by atoms with Crippen LogP contribution < -0.4 is 10.5 Å². The molecular formula is C32H38N4O4. The van der Waals surface area contributed by atoms with Crippen LogP contribution in [-0.4, -0.2) is 39.2 Å². The highest BCUT2D eigenvalue weighted by Gasteiger charge is 2.38. The molecule has 4 aromatic rings. The number of pyridine rings is 1. The van der Waals surface area contributed by atoms with E-state index in [9.17, 15) is 9.59 Å². The minimum Gasteiger partial charge on any atom is -0.487 e. The van der Waals surface area contributed by atoms with Gasteiger partial charge >= 0.3 is 5.97 Å². The Morgan fingerprint density at radius 1 is 1.05 bits per heavy atom. The third-order valence-electron chi connectivity index (χ3n) is 6.95. The number of fused-ring (bicyclic) bond motifs is 1. The Morgan fingerprint density at radius 3 is 2.40 bits per heavy atom. The highest BCUT2D eigenvalue weighted by Crippen LogP contribution is 2.38. The fraction of sp³-hybridized carbons (Fsp3) is 0.375. The molecule has 2 unspecified atom stereocenters. The van der Waals surface area contributed by atoms with Crippen LogP contribution in [0, 0.1) is 0 Å². The standard InChI is InChI=1S/C32H38N4O4/c1-6-10-24(19-37)36-28-16-14-25(29(26(28)18-35-36)39-20-22-11-8-7-9-12-22)27-15-13-23(17-34-27)32(5,21-33)30(38)40-31(2,3)4/h7-9,11-19,24H,6,10,20-21,33H2,1-5H3. The number of esters is 1. The van der Waals surface area contributed by atoms with Gasteiger partial charge in [0.1, 0.15) is 35.7 Å². The zero-order valence-corrected chi connectivity index (χ0v) is 23.9. The summed E-state index contributed by atoms with van der Waals surface area (Å²) in [7, 11) is 0. The zero-order chi connectivity index (χ0) is 28.9. The molecule has 0 saturated carbocycles. The van der Waals surface area contributed by atoms with Gasteiger partial charge < -0.3 is 20.0 Å². The number of benzene rings is 2. The van der Waals surface area contributed by atoms with E-state index >= 15 is 0 Å². The molecule has 4 rings (SSSR count). The van der Waals surface area contributed by atoms with Crippen molar-refractivity contribution < 1.29 is 19.1 Å². The maximum atomic E-state index is 13.0. The maximum Gasteiger partial charge on any atom is 0.318 e. The fourth-order valence-corrected chi connectivity index (χ4v) is 4.58. The number of aromatic nitrogens is 3. The molecule has 0 spiro atoms. The van der Waals surface area contributed by atoms with Gasteiger partial charge in [0, 0.05) is 18.3 Å². The molecule has 0 radical (unpaired) electrons. The minimum absolute atomic E-state index is 0.0786. The van der Waals surface area contributed by atoms with Crippen LogP contribution in [0.15, 0.2) is 67.0 Å². The molecule has 0 bridgehead atoms. The van der Waals surface area contributed by atoms with Gasteiger partial charge in [-0.3, -0.25) is 14.5 Å². The number of aldehydes is 1. The second kappa shape index (κ2) is 12.0. The van der Waals surface area contributed by atoms with E-state index in [2.05, 4.69) is 5.10 Å². The second-order valence-electron chi connectivity index (χ2n) is 11.2. The van der Waals surface area contributed by atoms with Crippen molar-refractivity contribution in [3.63, 3.8) is 0 Å². The first-order chi connectivity index (χ1) is 19.1. The van der Waals surface area contributed by atoms with Crippen molar-refractivity contribution in [1.82, 2.24) is 14.8 Å². The van der Waals surface area contributed by atoms with Gasteiger partial charge in [-0.25, -0.2) is 0 Å². The number of hydrogen-bond donors (Lipinski definition) is 1. The molecule has 2 atom stereocenters. The van der Waals surface area contributed by atoms with Gasteiger partial charge in [0.25, 0.3) is 0 Å². The number of nitrogens with zero attached hydrogens (tertiary/aromatic N) is 3. The lowest BCUT2D eigenvalue weighted by molar-refractivity contribution is -0.161. The Balaban J connectivity index is 1.76. The van der Waals surface area contributed by atoms with Crippen LogP contribution in [0.1, 0.15) is 64.6 Å². The third kappa shape index (κ3) is 6.07. The van der Waals surface area contributed by atoms with E-state index in [0.717, 1.165) is 34.7 Å². The Kier molecular flexibility index (Phi) is 8.69. The second-order valence-corrected chi connectivity index (χ2v) is 11.2. The molecule has 0 aliphatic heterocycles. The van der Waals surface area contributed by atoms with E-state index in [1.54, 1.807) is 24.0 Å². The summed E-state index contributed by atoms with van der Waals surface area (Å²) >= 11 is 0. The van der Waals surface area contributed by atoms with Crippen LogP contribution in [-0.2, 0) is 26.3 Å². The van der Waals surface area contributed by atoms with Crippen LogP contribution >= 0.6 is 0 Å². The van der Waals surface area contributed by atoms with Crippen molar-refractivity contribution in [2.24, 2.45) is 5.73 Å². The molecule has 0 fully saturated rings. The Bertz CT molecular complexity index is 1460. The predicted octanol–water partition coefficient (Wildman–Crippen LogP) is 5.78. The summed E-state index contributed by atoms with van der Waals surface area (Å²) in [6.45, 7) is 9.74. The molecule has 2 heterocycles. The van der Waals surface area contributed by atoms with Crippen LogP contribution in [0.3, 0.4) is 0 Å². The largest absolute Gasteiger partial charge is 0.487 e. The maximum absolute atomic E-state index is 13.0. The summed E-state index contributed by atoms with van der Waals surface area (Å²) in [6, 6.07) is 17.2. The van der Waals surface area contributed by atoms with E-state index in [0.29, 0.717) is 30.0 Å². The van der Waals surface area contributed by atoms with Gasteiger partial charge in [-0.1, -0.05) is 49.7 Å². The summed E-state index contributed by atoms with van der Waals surface area (Å²) < 4.78 is 13.8. The van der Waals surface area contributed by atoms with Crippen LogP contribution in [0.2, 0.25) is 0 Å². The lowest BCUT2D eigenvalue weighted by Gasteiger charge is -2.30. The van der Waals surface area contributed by atoms with Crippen LogP contribution in [0.5, 0.6) is 5.75 Å². The SMILES string of the molecule is CCCC(C=O)n1ncc2c(OCc3ccccc3)c(-c3ccc(C(C)(CN)C(=O)OC(C)(C)C)cn3)ccc21. The van der Waals surface area contributed by atoms with Gasteiger partial charge in [-0.05, 0) is 63.4 Å². The van der Waals surface area contributed by atoms with E-state index in [-0.39, 0.29) is 12.6 Å². The molecular weight excluding hydrogens is 504 g/mol. The number of ether oxygens (including phenoxy) is 2. The first kappa shape index (κ1) is 29.0. The molecule has 210 valence electrons. The monoisotopic (exact) mass is 542 g/mol. The van der Waals surface area contributed by atoms with Gasteiger partial charge in [0.2, 0.25) is 0 Å². The van der Waals surface area contributed by atoms with Crippen molar-refractivity contribution in [3.05, 3.63) is 78.1 Å². The highest BCUT2D eigenvalue weighted by molar-refractivity contribution is 5.93. The van der Waals surface area contributed by atoms with E-state index in [1.165, 1.54) is 0 Å². The fourth-order valence-electron chi connectivity index (χ4n) is 4.58. The predicted molar refractivity (Wildman–Crippen MR) is 156 cm³/mol. The van der Waals surface area contributed by atoms with Crippen molar-refractivity contribution >= 4 is 23.2 Å². The molecule has 2 N–H and O–H groups in total.